The number of hydrogen-bond acceptors (Lipinski definition) is 4. The highest BCUT2D eigenvalue weighted by atomic mass is 28.4. The molecule has 4 nitrogen and oxygen atoms in total. The van der Waals surface area contributed by atoms with Gasteiger partial charge in [-0.3, -0.25) is 0 Å². The maximum absolute atomic E-state index is 6.43. The molecule has 0 heterocycles. The lowest BCUT2D eigenvalue weighted by Gasteiger charge is -2.28. The summed E-state index contributed by atoms with van der Waals surface area (Å²) in [4.78, 5) is 0. The van der Waals surface area contributed by atoms with Crippen LogP contribution in [0.25, 0.3) is 0 Å². The second-order valence-corrected chi connectivity index (χ2v) is 12.0. The molecular weight excluding hydrogens is 476 g/mol. The van der Waals surface area contributed by atoms with E-state index in [1.54, 1.807) is 0 Å². The first kappa shape index (κ1) is 31.4. The van der Waals surface area contributed by atoms with Gasteiger partial charge in [0.1, 0.15) is 11.5 Å². The van der Waals surface area contributed by atoms with Crippen molar-refractivity contribution in [2.24, 2.45) is 0 Å². The van der Waals surface area contributed by atoms with Gasteiger partial charge in [-0.1, -0.05) is 140 Å². The first-order valence-electron chi connectivity index (χ1n) is 15.0. The summed E-state index contributed by atoms with van der Waals surface area (Å²) in [6, 6.07) is 19.6. The van der Waals surface area contributed by atoms with Crippen LogP contribution in [0.2, 0.25) is 0 Å². The minimum atomic E-state index is -3.45. The van der Waals surface area contributed by atoms with Crippen molar-refractivity contribution in [2.75, 3.05) is 13.2 Å². The van der Waals surface area contributed by atoms with Crippen molar-refractivity contribution in [3.63, 3.8) is 0 Å². The van der Waals surface area contributed by atoms with Crippen LogP contribution in [0.4, 0.5) is 0 Å². The molecule has 0 N–H and O–H groups in total. The van der Waals surface area contributed by atoms with Gasteiger partial charge in [0, 0.05) is 13.2 Å². The van der Waals surface area contributed by atoms with E-state index in [2.05, 4.69) is 13.8 Å². The number of benzene rings is 2. The third-order valence-corrected chi connectivity index (χ3v) is 8.61. The van der Waals surface area contributed by atoms with Gasteiger partial charge in [0.25, 0.3) is 0 Å². The Labute approximate surface area is 228 Å². The van der Waals surface area contributed by atoms with Crippen molar-refractivity contribution < 1.29 is 17.7 Å². The first-order chi connectivity index (χ1) is 18.3. The molecule has 0 saturated carbocycles. The highest BCUT2D eigenvalue weighted by Gasteiger charge is 2.51. The van der Waals surface area contributed by atoms with Crippen molar-refractivity contribution >= 4 is 9.05 Å². The van der Waals surface area contributed by atoms with E-state index in [0.717, 1.165) is 37.2 Å². The summed E-state index contributed by atoms with van der Waals surface area (Å²) in [5, 5.41) is 0. The van der Waals surface area contributed by atoms with Crippen molar-refractivity contribution in [3.8, 4) is 11.5 Å². The molecule has 0 aliphatic rings. The highest BCUT2D eigenvalue weighted by Crippen LogP contribution is 2.23. The molecule has 37 heavy (non-hydrogen) atoms. The molecule has 2 aromatic rings. The lowest BCUT2D eigenvalue weighted by molar-refractivity contribution is 0.0385. The fourth-order valence-corrected chi connectivity index (χ4v) is 6.31. The Hall–Kier alpha value is -1.82. The predicted octanol–water partition coefficient (Wildman–Crippen LogP) is 9.89. The van der Waals surface area contributed by atoms with Gasteiger partial charge in [0.05, 0.1) is 0 Å². The van der Waals surface area contributed by atoms with E-state index in [-0.39, 0.29) is 0 Å². The van der Waals surface area contributed by atoms with E-state index in [1.807, 2.05) is 60.7 Å². The molecule has 0 unspecified atom stereocenters. The smallest absolute Gasteiger partial charge is 0.471 e. The van der Waals surface area contributed by atoms with Crippen LogP contribution in [0, 0.1) is 0 Å². The molecule has 0 saturated heterocycles. The maximum Gasteiger partial charge on any atom is 0.820 e. The number of hydrogen-bond donors (Lipinski definition) is 0. The molecule has 5 heteroatoms. The quantitative estimate of drug-likeness (QED) is 0.100. The Morgan fingerprint density at radius 2 is 0.757 bits per heavy atom. The summed E-state index contributed by atoms with van der Waals surface area (Å²) in [6.45, 7) is 5.69. The summed E-state index contributed by atoms with van der Waals surface area (Å²) in [7, 11) is -3.45. The molecule has 0 aliphatic heterocycles. The van der Waals surface area contributed by atoms with Crippen LogP contribution >= 0.6 is 0 Å². The van der Waals surface area contributed by atoms with Crippen LogP contribution in [-0.2, 0) is 8.85 Å². The zero-order valence-corrected chi connectivity index (χ0v) is 24.6. The predicted molar refractivity (Wildman–Crippen MR) is 157 cm³/mol. The molecule has 0 spiro atoms. The molecule has 0 atom stereocenters. The lowest BCUT2D eigenvalue weighted by atomic mass is 10.1. The molecule has 2 aromatic carbocycles. The van der Waals surface area contributed by atoms with Crippen LogP contribution in [-0.4, -0.2) is 22.3 Å². The fraction of sp³-hybridized carbons (Fsp3) is 0.625. The van der Waals surface area contributed by atoms with Crippen molar-refractivity contribution in [2.45, 2.75) is 117 Å². The SMILES string of the molecule is CCCCCCCCCCO[Si](OCCCCCCCCCC)(Oc1ccccc1)Oc1ccccc1. The third-order valence-electron chi connectivity index (χ3n) is 6.53. The van der Waals surface area contributed by atoms with Crippen LogP contribution in [0.3, 0.4) is 0 Å². The average Bonchev–Trinajstić information content (AvgIpc) is 2.92. The number of unbranched alkanes of at least 4 members (excludes halogenated alkanes) is 14. The van der Waals surface area contributed by atoms with E-state index >= 15 is 0 Å². The summed E-state index contributed by atoms with van der Waals surface area (Å²) in [5.74, 6) is 1.44. The van der Waals surface area contributed by atoms with Crippen LogP contribution in [0.5, 0.6) is 11.5 Å². The summed E-state index contributed by atoms with van der Waals surface area (Å²) in [6.07, 6.45) is 20.1. The van der Waals surface area contributed by atoms with Crippen molar-refractivity contribution in [3.05, 3.63) is 60.7 Å². The third kappa shape index (κ3) is 15.2. The molecule has 0 radical (unpaired) electrons. The van der Waals surface area contributed by atoms with E-state index in [4.69, 9.17) is 17.7 Å². The van der Waals surface area contributed by atoms with Gasteiger partial charge in [-0.15, -0.1) is 0 Å². The van der Waals surface area contributed by atoms with Gasteiger partial charge in [0.2, 0.25) is 0 Å². The van der Waals surface area contributed by atoms with E-state index in [1.165, 1.54) is 77.0 Å². The van der Waals surface area contributed by atoms with Gasteiger partial charge in [0.15, 0.2) is 0 Å². The normalized spacial score (nSPS) is 11.5. The van der Waals surface area contributed by atoms with Crippen LogP contribution < -0.4 is 8.85 Å². The first-order valence-corrected chi connectivity index (χ1v) is 16.7. The van der Waals surface area contributed by atoms with Gasteiger partial charge >= 0.3 is 9.05 Å². The minimum Gasteiger partial charge on any atom is -0.471 e. The number of rotatable bonds is 24. The van der Waals surface area contributed by atoms with Crippen LogP contribution in [0.1, 0.15) is 117 Å². The Bertz CT molecular complexity index is 690. The molecule has 0 amide bonds. The Morgan fingerprint density at radius 1 is 0.432 bits per heavy atom. The maximum atomic E-state index is 6.43. The minimum absolute atomic E-state index is 0.582. The van der Waals surface area contributed by atoms with Crippen molar-refractivity contribution in [1.29, 1.82) is 0 Å². The summed E-state index contributed by atoms with van der Waals surface area (Å²) >= 11 is 0. The molecule has 0 bridgehead atoms. The second-order valence-electron chi connectivity index (χ2n) is 9.98. The molecule has 0 aliphatic carbocycles. The van der Waals surface area contributed by atoms with Gasteiger partial charge in [-0.2, -0.15) is 0 Å². The highest BCUT2D eigenvalue weighted by molar-refractivity contribution is 6.55. The van der Waals surface area contributed by atoms with Gasteiger partial charge < -0.3 is 17.7 Å². The lowest BCUT2D eigenvalue weighted by Crippen LogP contribution is -2.55. The number of para-hydroxylation sites is 2. The molecule has 0 aromatic heterocycles. The van der Waals surface area contributed by atoms with Crippen molar-refractivity contribution in [1.82, 2.24) is 0 Å². The molecular formula is C32H52O4Si. The Morgan fingerprint density at radius 3 is 1.11 bits per heavy atom. The van der Waals surface area contributed by atoms with E-state index in [0.29, 0.717) is 13.2 Å². The van der Waals surface area contributed by atoms with Crippen LogP contribution in [0.15, 0.2) is 60.7 Å². The summed E-state index contributed by atoms with van der Waals surface area (Å²) < 4.78 is 25.7. The fourth-order valence-electron chi connectivity index (χ4n) is 4.31. The molecule has 208 valence electrons. The van der Waals surface area contributed by atoms with Gasteiger partial charge in [-0.25, -0.2) is 0 Å². The summed E-state index contributed by atoms with van der Waals surface area (Å²) in [5.41, 5.74) is 0. The second kappa shape index (κ2) is 21.1. The average molecular weight is 529 g/mol. The standard InChI is InChI=1S/C32H52O4Si/c1-3-5-7-9-11-13-15-23-29-33-37(35-31-25-19-17-20-26-31,36-32-27-21-18-22-28-32)34-30-24-16-14-12-10-8-6-4-2/h17-22,25-28H,3-16,23-24,29-30H2,1-2H3. The van der Waals surface area contributed by atoms with E-state index in [9.17, 15) is 0 Å². The Kier molecular flexibility index (Phi) is 17.9. The molecule has 0 fully saturated rings. The largest absolute Gasteiger partial charge is 0.820 e. The molecule has 2 rings (SSSR count). The van der Waals surface area contributed by atoms with E-state index < -0.39 is 9.05 Å². The Balaban J connectivity index is 1.93. The van der Waals surface area contributed by atoms with Gasteiger partial charge in [-0.05, 0) is 37.1 Å². The zero-order chi connectivity index (χ0) is 26.3. The zero-order valence-electron chi connectivity index (χ0n) is 23.6. The topological polar surface area (TPSA) is 36.9 Å². The monoisotopic (exact) mass is 528 g/mol.